The molecular formula is C23H27N3O3S. The third kappa shape index (κ3) is 4.53. The molecule has 158 valence electrons. The van der Waals surface area contributed by atoms with Gasteiger partial charge in [-0.05, 0) is 35.2 Å². The summed E-state index contributed by atoms with van der Waals surface area (Å²) in [5.74, 6) is 2.28. The summed E-state index contributed by atoms with van der Waals surface area (Å²) in [6.45, 7) is 7.92. The molecule has 7 heteroatoms. The monoisotopic (exact) mass is 425 g/mol. The number of rotatable bonds is 6. The molecule has 0 bridgehead atoms. The van der Waals surface area contributed by atoms with Crippen LogP contribution in [-0.4, -0.2) is 47.1 Å². The fourth-order valence-electron chi connectivity index (χ4n) is 3.28. The maximum atomic E-state index is 5.57. The number of hydrogen-bond donors (Lipinski definition) is 0. The highest BCUT2D eigenvalue weighted by atomic mass is 32.2. The Balaban J connectivity index is 1.70. The average molecular weight is 426 g/mol. The second kappa shape index (κ2) is 8.79. The second-order valence-corrected chi connectivity index (χ2v) is 9.14. The number of nitrogens with zero attached hydrogens (tertiary/aromatic N) is 3. The lowest BCUT2D eigenvalue weighted by molar-refractivity contribution is -0.0215. The van der Waals surface area contributed by atoms with E-state index in [1.54, 1.807) is 18.9 Å². The Kier molecular flexibility index (Phi) is 6.13. The van der Waals surface area contributed by atoms with E-state index in [9.17, 15) is 0 Å². The molecule has 0 atom stereocenters. The van der Waals surface area contributed by atoms with Crippen molar-refractivity contribution >= 4 is 11.8 Å². The summed E-state index contributed by atoms with van der Waals surface area (Å²) in [5, 5.41) is 9.80. The molecule has 0 radical (unpaired) electrons. The summed E-state index contributed by atoms with van der Waals surface area (Å²) in [7, 11) is 1.67. The van der Waals surface area contributed by atoms with Crippen molar-refractivity contribution in [3.8, 4) is 22.8 Å². The van der Waals surface area contributed by atoms with Crippen LogP contribution in [0.5, 0.6) is 5.75 Å². The van der Waals surface area contributed by atoms with Crippen molar-refractivity contribution in [2.45, 2.75) is 37.6 Å². The van der Waals surface area contributed by atoms with Crippen LogP contribution in [0.4, 0.5) is 0 Å². The van der Waals surface area contributed by atoms with Gasteiger partial charge in [0.15, 0.2) is 17.3 Å². The largest absolute Gasteiger partial charge is 0.497 e. The molecule has 0 N–H and O–H groups in total. The third-order valence-electron chi connectivity index (χ3n) is 5.01. The van der Waals surface area contributed by atoms with E-state index in [0.29, 0.717) is 19.0 Å². The van der Waals surface area contributed by atoms with Gasteiger partial charge in [0.05, 0.1) is 26.1 Å². The maximum Gasteiger partial charge on any atom is 0.196 e. The van der Waals surface area contributed by atoms with Gasteiger partial charge in [-0.3, -0.25) is 4.57 Å². The molecule has 6 nitrogen and oxygen atoms in total. The predicted octanol–water partition coefficient (Wildman–Crippen LogP) is 4.71. The van der Waals surface area contributed by atoms with Gasteiger partial charge in [0.1, 0.15) is 5.75 Å². The second-order valence-electron chi connectivity index (χ2n) is 8.15. The Morgan fingerprint density at radius 2 is 1.67 bits per heavy atom. The van der Waals surface area contributed by atoms with Crippen LogP contribution in [0.2, 0.25) is 0 Å². The molecule has 0 spiro atoms. The first-order valence-corrected chi connectivity index (χ1v) is 11.0. The minimum atomic E-state index is -0.203. The van der Waals surface area contributed by atoms with Crippen molar-refractivity contribution in [2.75, 3.05) is 26.1 Å². The molecule has 2 aromatic carbocycles. The fourth-order valence-corrected chi connectivity index (χ4v) is 4.18. The highest BCUT2D eigenvalue weighted by molar-refractivity contribution is 7.99. The van der Waals surface area contributed by atoms with Gasteiger partial charge in [-0.15, -0.1) is 10.2 Å². The van der Waals surface area contributed by atoms with Crippen LogP contribution in [0.1, 0.15) is 26.3 Å². The Hall–Kier alpha value is -2.35. The van der Waals surface area contributed by atoms with Crippen molar-refractivity contribution in [1.82, 2.24) is 14.8 Å². The summed E-state index contributed by atoms with van der Waals surface area (Å²) >= 11 is 1.58. The first-order chi connectivity index (χ1) is 14.5. The zero-order valence-electron chi connectivity index (χ0n) is 17.8. The number of ether oxygens (including phenoxy) is 3. The van der Waals surface area contributed by atoms with Gasteiger partial charge >= 0.3 is 0 Å². The topological polar surface area (TPSA) is 58.4 Å². The Labute approximate surface area is 181 Å². The molecule has 3 aromatic rings. The zero-order valence-corrected chi connectivity index (χ0v) is 18.6. The SMILES string of the molecule is COc1ccc(-n2c(SCC3OCCO3)nnc2-c2ccc(C(C)(C)C)cc2)cc1. The van der Waals surface area contributed by atoms with Crippen LogP contribution in [0.25, 0.3) is 17.1 Å². The zero-order chi connectivity index (χ0) is 21.1. The molecule has 0 aliphatic carbocycles. The van der Waals surface area contributed by atoms with Gasteiger partial charge < -0.3 is 14.2 Å². The van der Waals surface area contributed by atoms with E-state index in [0.717, 1.165) is 28.0 Å². The molecule has 2 heterocycles. The normalized spacial score (nSPS) is 14.9. The minimum absolute atomic E-state index is 0.102. The van der Waals surface area contributed by atoms with Crippen LogP contribution in [-0.2, 0) is 14.9 Å². The standard InChI is InChI=1S/C23H27N3O3S/c1-23(2,3)17-7-5-16(6-8-17)21-24-25-22(30-15-20-28-13-14-29-20)26(21)18-9-11-19(27-4)12-10-18/h5-12,20H,13-15H2,1-4H3. The van der Waals surface area contributed by atoms with Crippen molar-refractivity contribution < 1.29 is 14.2 Å². The number of aromatic nitrogens is 3. The molecule has 1 fully saturated rings. The van der Waals surface area contributed by atoms with E-state index >= 15 is 0 Å². The molecule has 30 heavy (non-hydrogen) atoms. The van der Waals surface area contributed by atoms with Gasteiger partial charge in [-0.1, -0.05) is 56.8 Å². The molecule has 4 rings (SSSR count). The van der Waals surface area contributed by atoms with E-state index in [1.807, 2.05) is 24.3 Å². The minimum Gasteiger partial charge on any atom is -0.497 e. The van der Waals surface area contributed by atoms with Gasteiger partial charge in [0, 0.05) is 11.3 Å². The molecule has 0 unspecified atom stereocenters. The van der Waals surface area contributed by atoms with E-state index in [2.05, 4.69) is 59.8 Å². The van der Waals surface area contributed by atoms with Crippen LogP contribution < -0.4 is 4.74 Å². The Bertz CT molecular complexity index is 972. The number of methoxy groups -OCH3 is 1. The molecule has 1 saturated heterocycles. The fraction of sp³-hybridized carbons (Fsp3) is 0.391. The van der Waals surface area contributed by atoms with Crippen LogP contribution in [0.3, 0.4) is 0 Å². The van der Waals surface area contributed by atoms with Crippen LogP contribution in [0.15, 0.2) is 53.7 Å². The number of thioether (sulfide) groups is 1. The van der Waals surface area contributed by atoms with Gasteiger partial charge in [-0.2, -0.15) is 0 Å². The Morgan fingerprint density at radius 1 is 1.00 bits per heavy atom. The van der Waals surface area contributed by atoms with Crippen molar-refractivity contribution in [2.24, 2.45) is 0 Å². The van der Waals surface area contributed by atoms with Gasteiger partial charge in [0.2, 0.25) is 0 Å². The van der Waals surface area contributed by atoms with E-state index in [-0.39, 0.29) is 11.7 Å². The van der Waals surface area contributed by atoms with Crippen molar-refractivity contribution in [3.63, 3.8) is 0 Å². The predicted molar refractivity (Wildman–Crippen MR) is 118 cm³/mol. The van der Waals surface area contributed by atoms with Crippen molar-refractivity contribution in [1.29, 1.82) is 0 Å². The molecule has 0 saturated carbocycles. The van der Waals surface area contributed by atoms with E-state index < -0.39 is 0 Å². The lowest BCUT2D eigenvalue weighted by atomic mass is 9.87. The molecule has 1 aliphatic heterocycles. The average Bonchev–Trinajstić information content (AvgIpc) is 3.41. The molecular weight excluding hydrogens is 398 g/mol. The first-order valence-electron chi connectivity index (χ1n) is 10.0. The molecule has 1 aromatic heterocycles. The van der Waals surface area contributed by atoms with Crippen molar-refractivity contribution in [3.05, 3.63) is 54.1 Å². The lowest BCUT2D eigenvalue weighted by Gasteiger charge is -2.19. The first kappa shape index (κ1) is 20.9. The number of hydrogen-bond acceptors (Lipinski definition) is 6. The summed E-state index contributed by atoms with van der Waals surface area (Å²) in [6, 6.07) is 16.5. The smallest absolute Gasteiger partial charge is 0.196 e. The lowest BCUT2D eigenvalue weighted by Crippen LogP contribution is -2.11. The summed E-state index contributed by atoms with van der Waals surface area (Å²) in [4.78, 5) is 0. The van der Waals surface area contributed by atoms with E-state index in [4.69, 9.17) is 14.2 Å². The molecule has 1 aliphatic rings. The van der Waals surface area contributed by atoms with Crippen LogP contribution in [0, 0.1) is 0 Å². The summed E-state index contributed by atoms with van der Waals surface area (Å²) < 4.78 is 18.5. The number of benzene rings is 2. The summed E-state index contributed by atoms with van der Waals surface area (Å²) in [5.41, 5.74) is 3.38. The van der Waals surface area contributed by atoms with Crippen LogP contribution >= 0.6 is 11.8 Å². The Morgan fingerprint density at radius 3 is 2.27 bits per heavy atom. The third-order valence-corrected chi connectivity index (χ3v) is 5.97. The highest BCUT2D eigenvalue weighted by Crippen LogP contribution is 2.31. The molecule has 0 amide bonds. The van der Waals surface area contributed by atoms with E-state index in [1.165, 1.54) is 5.56 Å². The summed E-state index contributed by atoms with van der Waals surface area (Å²) in [6.07, 6.45) is -0.203. The maximum absolute atomic E-state index is 5.57. The van der Waals surface area contributed by atoms with Gasteiger partial charge in [0.25, 0.3) is 0 Å². The van der Waals surface area contributed by atoms with Gasteiger partial charge in [-0.25, -0.2) is 0 Å². The quantitative estimate of drug-likeness (QED) is 0.533. The highest BCUT2D eigenvalue weighted by Gasteiger charge is 2.21.